The molecule has 0 unspecified atom stereocenters. The summed E-state index contributed by atoms with van der Waals surface area (Å²) >= 11 is 0. The number of nitrogens with zero attached hydrogens (tertiary/aromatic N) is 1. The molecule has 5 heteroatoms. The Balaban J connectivity index is 1.77. The lowest BCUT2D eigenvalue weighted by molar-refractivity contribution is -0.117. The molecule has 0 aromatic heterocycles. The van der Waals surface area contributed by atoms with Gasteiger partial charge >= 0.3 is 7.12 Å². The van der Waals surface area contributed by atoms with Crippen LogP contribution in [0.3, 0.4) is 0 Å². The van der Waals surface area contributed by atoms with Gasteiger partial charge in [0, 0.05) is 18.7 Å². The first-order valence-corrected chi connectivity index (χ1v) is 7.95. The molecule has 0 aliphatic carbocycles. The average molecular weight is 301 g/mol. The molecule has 2 fully saturated rings. The van der Waals surface area contributed by atoms with Crippen LogP contribution in [-0.2, 0) is 14.1 Å². The first kappa shape index (κ1) is 15.6. The molecule has 2 aliphatic heterocycles. The minimum atomic E-state index is -0.354. The second-order valence-corrected chi connectivity index (χ2v) is 7.49. The predicted molar refractivity (Wildman–Crippen MR) is 88.3 cm³/mol. The number of amides is 1. The van der Waals surface area contributed by atoms with Gasteiger partial charge in [-0.15, -0.1) is 0 Å². The van der Waals surface area contributed by atoms with E-state index in [4.69, 9.17) is 9.31 Å². The van der Waals surface area contributed by atoms with Crippen molar-refractivity contribution in [2.75, 3.05) is 11.4 Å². The highest BCUT2D eigenvalue weighted by molar-refractivity contribution is 6.62. The average Bonchev–Trinajstić information content (AvgIpc) is 2.86. The molecule has 4 nitrogen and oxygen atoms in total. The predicted octanol–water partition coefficient (Wildman–Crippen LogP) is 2.36. The van der Waals surface area contributed by atoms with Crippen LogP contribution < -0.4 is 10.4 Å². The van der Waals surface area contributed by atoms with E-state index in [1.807, 2.05) is 56.9 Å². The van der Waals surface area contributed by atoms with E-state index in [-0.39, 0.29) is 24.2 Å². The van der Waals surface area contributed by atoms with Gasteiger partial charge in [0.25, 0.3) is 0 Å². The molecule has 1 atom stereocenters. The summed E-state index contributed by atoms with van der Waals surface area (Å²) in [6, 6.07) is 7.95. The third-order valence-electron chi connectivity index (χ3n) is 5.05. The van der Waals surface area contributed by atoms with Gasteiger partial charge in [0.2, 0.25) is 5.91 Å². The zero-order valence-electron chi connectivity index (χ0n) is 14.1. The van der Waals surface area contributed by atoms with Crippen LogP contribution in [0.2, 0.25) is 0 Å². The molecule has 1 aromatic rings. The monoisotopic (exact) mass is 301 g/mol. The number of hydrogen-bond acceptors (Lipinski definition) is 3. The van der Waals surface area contributed by atoms with E-state index in [0.29, 0.717) is 12.3 Å². The molecule has 0 saturated carbocycles. The maximum atomic E-state index is 12.0. The number of hydrogen-bond donors (Lipinski definition) is 0. The van der Waals surface area contributed by atoms with Crippen LogP contribution in [-0.4, -0.2) is 30.8 Å². The van der Waals surface area contributed by atoms with Crippen molar-refractivity contribution in [1.82, 2.24) is 0 Å². The first-order valence-electron chi connectivity index (χ1n) is 7.95. The fourth-order valence-corrected chi connectivity index (χ4v) is 2.93. The van der Waals surface area contributed by atoms with Gasteiger partial charge in [-0.3, -0.25) is 4.79 Å². The second-order valence-electron chi connectivity index (χ2n) is 7.49. The first-order chi connectivity index (χ1) is 10.2. The van der Waals surface area contributed by atoms with Crippen molar-refractivity contribution in [3.63, 3.8) is 0 Å². The zero-order valence-corrected chi connectivity index (χ0v) is 14.1. The van der Waals surface area contributed by atoms with Crippen LogP contribution in [0.25, 0.3) is 0 Å². The number of rotatable bonds is 2. The summed E-state index contributed by atoms with van der Waals surface area (Å²) in [4.78, 5) is 13.8. The molecular formula is C17H24BNO3. The van der Waals surface area contributed by atoms with E-state index in [1.165, 1.54) is 0 Å². The standard InChI is InChI=1S/C17H24BNO3/c1-12-10-15(20)19(11-12)14-8-6-13(7-9-14)18-21-16(2,3)17(4,5)22-18/h6-9,12H,10-11H2,1-5H3/t12-/m0/s1. The molecule has 22 heavy (non-hydrogen) atoms. The largest absolute Gasteiger partial charge is 0.494 e. The normalized spacial score (nSPS) is 26.8. The van der Waals surface area contributed by atoms with E-state index < -0.39 is 0 Å². The van der Waals surface area contributed by atoms with E-state index in [9.17, 15) is 4.79 Å². The topological polar surface area (TPSA) is 38.8 Å². The van der Waals surface area contributed by atoms with Gasteiger partial charge in [0.15, 0.2) is 0 Å². The van der Waals surface area contributed by atoms with Crippen molar-refractivity contribution < 1.29 is 14.1 Å². The highest BCUT2D eigenvalue weighted by Crippen LogP contribution is 2.36. The number of carbonyl (C=O) groups is 1. The quantitative estimate of drug-likeness (QED) is 0.787. The van der Waals surface area contributed by atoms with Crippen LogP contribution in [0.5, 0.6) is 0 Å². The minimum Gasteiger partial charge on any atom is -0.399 e. The van der Waals surface area contributed by atoms with E-state index in [0.717, 1.165) is 17.7 Å². The summed E-state index contributed by atoms with van der Waals surface area (Å²) < 4.78 is 12.1. The maximum Gasteiger partial charge on any atom is 0.494 e. The summed E-state index contributed by atoms with van der Waals surface area (Å²) in [5.74, 6) is 0.631. The van der Waals surface area contributed by atoms with Gasteiger partial charge in [0.05, 0.1) is 11.2 Å². The molecule has 1 amide bonds. The van der Waals surface area contributed by atoms with Gasteiger partial charge < -0.3 is 14.2 Å². The van der Waals surface area contributed by atoms with E-state index >= 15 is 0 Å². The lowest BCUT2D eigenvalue weighted by Crippen LogP contribution is -2.41. The van der Waals surface area contributed by atoms with Crippen molar-refractivity contribution in [1.29, 1.82) is 0 Å². The van der Waals surface area contributed by atoms with Gasteiger partial charge in [0.1, 0.15) is 0 Å². The van der Waals surface area contributed by atoms with Gasteiger partial charge in [-0.05, 0) is 51.2 Å². The molecule has 0 bridgehead atoms. The van der Waals surface area contributed by atoms with E-state index in [1.54, 1.807) is 0 Å². The third-order valence-corrected chi connectivity index (χ3v) is 5.05. The van der Waals surface area contributed by atoms with Crippen molar-refractivity contribution in [2.45, 2.75) is 52.2 Å². The molecule has 0 N–H and O–H groups in total. The number of benzene rings is 1. The summed E-state index contributed by atoms with van der Waals surface area (Å²) in [5, 5.41) is 0. The maximum absolute atomic E-state index is 12.0. The molecule has 2 aliphatic rings. The Bertz CT molecular complexity index is 566. The number of anilines is 1. The third kappa shape index (κ3) is 2.57. The van der Waals surface area contributed by atoms with Gasteiger partial charge in [-0.2, -0.15) is 0 Å². The molecule has 118 valence electrons. The molecule has 0 spiro atoms. The summed E-state index contributed by atoms with van der Waals surface area (Å²) in [5.41, 5.74) is 1.27. The molecule has 0 radical (unpaired) electrons. The fraction of sp³-hybridized carbons (Fsp3) is 0.588. The molecule has 3 rings (SSSR count). The Hall–Kier alpha value is -1.33. The van der Waals surface area contributed by atoms with Crippen LogP contribution in [0.15, 0.2) is 24.3 Å². The molecule has 2 heterocycles. The van der Waals surface area contributed by atoms with Crippen molar-refractivity contribution in [2.24, 2.45) is 5.92 Å². The zero-order chi connectivity index (χ0) is 16.1. The van der Waals surface area contributed by atoms with Gasteiger partial charge in [-0.1, -0.05) is 19.1 Å². The Labute approximate surface area is 132 Å². The van der Waals surface area contributed by atoms with Crippen molar-refractivity contribution in [3.8, 4) is 0 Å². The Kier molecular flexibility index (Phi) is 3.61. The van der Waals surface area contributed by atoms with E-state index in [2.05, 4.69) is 6.92 Å². The highest BCUT2D eigenvalue weighted by Gasteiger charge is 2.51. The number of carbonyl (C=O) groups excluding carboxylic acids is 1. The summed E-state index contributed by atoms with van der Waals surface area (Å²) in [6.07, 6.45) is 0.638. The Morgan fingerprint density at radius 2 is 1.64 bits per heavy atom. The SMILES string of the molecule is C[C@H]1CC(=O)N(c2ccc(B3OC(C)(C)C(C)(C)O3)cc2)C1. The van der Waals surface area contributed by atoms with Crippen molar-refractivity contribution >= 4 is 24.2 Å². The van der Waals surface area contributed by atoms with Crippen molar-refractivity contribution in [3.05, 3.63) is 24.3 Å². The lowest BCUT2D eigenvalue weighted by Gasteiger charge is -2.32. The van der Waals surface area contributed by atoms with Crippen LogP contribution in [0, 0.1) is 5.92 Å². The van der Waals surface area contributed by atoms with Crippen LogP contribution >= 0.6 is 0 Å². The Morgan fingerprint density at radius 1 is 1.09 bits per heavy atom. The van der Waals surface area contributed by atoms with Crippen LogP contribution in [0.1, 0.15) is 41.0 Å². The molecule has 2 saturated heterocycles. The smallest absolute Gasteiger partial charge is 0.399 e. The summed E-state index contributed by atoms with van der Waals surface area (Å²) in [7, 11) is -0.354. The second kappa shape index (κ2) is 5.10. The lowest BCUT2D eigenvalue weighted by atomic mass is 9.79. The molecular weight excluding hydrogens is 277 g/mol. The highest BCUT2D eigenvalue weighted by atomic mass is 16.7. The molecule has 1 aromatic carbocycles. The fourth-order valence-electron chi connectivity index (χ4n) is 2.93. The van der Waals surface area contributed by atoms with Gasteiger partial charge in [-0.25, -0.2) is 0 Å². The van der Waals surface area contributed by atoms with Crippen LogP contribution in [0.4, 0.5) is 5.69 Å². The Morgan fingerprint density at radius 3 is 2.09 bits per heavy atom. The summed E-state index contributed by atoms with van der Waals surface area (Å²) in [6.45, 7) is 11.1. The minimum absolute atomic E-state index is 0.205.